The van der Waals surface area contributed by atoms with Gasteiger partial charge in [0, 0.05) is 26.2 Å². The van der Waals surface area contributed by atoms with E-state index in [2.05, 4.69) is 25.7 Å². The molecule has 3 N–H and O–H groups in total. The van der Waals surface area contributed by atoms with Crippen LogP contribution in [0.15, 0.2) is 0 Å². The van der Waals surface area contributed by atoms with Crippen LogP contribution < -0.4 is 15.8 Å². The summed E-state index contributed by atoms with van der Waals surface area (Å²) < 4.78 is 21.0. The number of rotatable bonds is 9. The van der Waals surface area contributed by atoms with Gasteiger partial charge in [-0.25, -0.2) is 15.0 Å². The van der Waals surface area contributed by atoms with Gasteiger partial charge in [0.15, 0.2) is 11.6 Å². The lowest BCUT2D eigenvalue weighted by atomic mass is 9.92. The largest absolute Gasteiger partial charge is 0.378 e. The van der Waals surface area contributed by atoms with Crippen molar-refractivity contribution in [1.29, 1.82) is 0 Å². The number of carbonyl (C=O) groups excluding carboxylic acids is 2. The van der Waals surface area contributed by atoms with Crippen molar-refractivity contribution in [2.45, 2.75) is 45.1 Å². The van der Waals surface area contributed by atoms with Crippen LogP contribution in [0.1, 0.15) is 37.9 Å². The molecule has 3 fully saturated rings. The van der Waals surface area contributed by atoms with Crippen LogP contribution in [-0.2, 0) is 14.3 Å². The number of anilines is 2. The lowest BCUT2D eigenvalue weighted by molar-refractivity contribution is -0.154. The zero-order valence-electron chi connectivity index (χ0n) is 19.6. The van der Waals surface area contributed by atoms with Gasteiger partial charge in [-0.3, -0.25) is 30.5 Å². The molecule has 3 aliphatic rings. The van der Waals surface area contributed by atoms with Crippen LogP contribution in [0.3, 0.4) is 0 Å². The van der Waals surface area contributed by atoms with Crippen LogP contribution in [-0.4, -0.2) is 89.4 Å². The molecule has 0 aromatic carbocycles. The SMILES string of the molecule is Cc1nc(NNC(=O)[C@@H](CC2CCCC2)CN(O)C=O)c(F)c(N2CCN3CCOC[C@@H]3C2)n1. The summed E-state index contributed by atoms with van der Waals surface area (Å²) >= 11 is 0. The van der Waals surface area contributed by atoms with Gasteiger partial charge in [-0.15, -0.1) is 0 Å². The van der Waals surface area contributed by atoms with Gasteiger partial charge in [-0.05, 0) is 19.3 Å². The van der Waals surface area contributed by atoms with Crippen LogP contribution in [0, 0.1) is 24.6 Å². The molecule has 0 bridgehead atoms. The predicted octanol–water partition coefficient (Wildman–Crippen LogP) is 0.932. The molecule has 2 saturated heterocycles. The van der Waals surface area contributed by atoms with E-state index in [4.69, 9.17) is 4.74 Å². The standard InChI is InChI=1S/C22H34FN7O4/c1-15-24-20(19(23)21(25-15)29-7-6-28-8-9-34-13-18(28)12-29)26-27-22(32)17(11-30(33)14-31)10-16-4-2-3-5-16/h14,16-18,33H,2-13H2,1H3,(H,27,32)(H,24,25,26)/t17-,18-/m0/s1. The van der Waals surface area contributed by atoms with Gasteiger partial charge in [-0.1, -0.05) is 25.7 Å². The molecule has 2 aliphatic heterocycles. The molecule has 1 saturated carbocycles. The molecule has 2 amide bonds. The summed E-state index contributed by atoms with van der Waals surface area (Å²) in [6.07, 6.45) is 5.09. The second-order valence-corrected chi connectivity index (χ2v) is 9.39. The van der Waals surface area contributed by atoms with E-state index < -0.39 is 17.6 Å². The molecule has 1 aliphatic carbocycles. The molecule has 34 heavy (non-hydrogen) atoms. The highest BCUT2D eigenvalue weighted by molar-refractivity contribution is 5.80. The first-order valence-corrected chi connectivity index (χ1v) is 12.0. The molecular formula is C22H34FN7O4. The van der Waals surface area contributed by atoms with Crippen LogP contribution in [0.25, 0.3) is 0 Å². The van der Waals surface area contributed by atoms with Crippen molar-refractivity contribution >= 4 is 24.0 Å². The van der Waals surface area contributed by atoms with E-state index in [1.54, 1.807) is 6.92 Å². The number of nitrogens with one attached hydrogen (secondary N) is 2. The zero-order chi connectivity index (χ0) is 24.1. The van der Waals surface area contributed by atoms with Gasteiger partial charge < -0.3 is 9.64 Å². The fraction of sp³-hybridized carbons (Fsp3) is 0.727. The topological polar surface area (TPSA) is 123 Å². The molecule has 188 valence electrons. The van der Waals surface area contributed by atoms with Crippen molar-refractivity contribution in [3.05, 3.63) is 11.6 Å². The number of nitrogens with zero attached hydrogens (tertiary/aromatic N) is 5. The number of hydrazine groups is 1. The number of aromatic nitrogens is 2. The normalized spacial score (nSPS) is 22.2. The highest BCUT2D eigenvalue weighted by Crippen LogP contribution is 2.31. The Balaban J connectivity index is 1.42. The third-order valence-corrected chi connectivity index (χ3v) is 6.98. The smallest absolute Gasteiger partial charge is 0.243 e. The number of aryl methyl sites for hydroxylation is 1. The number of piperazine rings is 1. The molecule has 1 aromatic rings. The Hall–Kier alpha value is -2.57. The van der Waals surface area contributed by atoms with E-state index in [0.717, 1.165) is 38.8 Å². The number of morpholine rings is 1. The maximum atomic E-state index is 15.4. The molecule has 4 rings (SSSR count). The van der Waals surface area contributed by atoms with Gasteiger partial charge in [0.2, 0.25) is 18.1 Å². The number of hydroxylamine groups is 2. The van der Waals surface area contributed by atoms with E-state index in [-0.39, 0.29) is 30.6 Å². The van der Waals surface area contributed by atoms with E-state index >= 15 is 4.39 Å². The molecule has 0 spiro atoms. The van der Waals surface area contributed by atoms with Crippen molar-refractivity contribution in [2.24, 2.45) is 11.8 Å². The maximum Gasteiger partial charge on any atom is 0.243 e. The van der Waals surface area contributed by atoms with Crippen molar-refractivity contribution in [3.63, 3.8) is 0 Å². The first-order valence-electron chi connectivity index (χ1n) is 12.0. The van der Waals surface area contributed by atoms with Crippen LogP contribution in [0.5, 0.6) is 0 Å². The third-order valence-electron chi connectivity index (χ3n) is 6.98. The van der Waals surface area contributed by atoms with Crippen molar-refractivity contribution in [1.82, 2.24) is 25.4 Å². The molecule has 2 atom stereocenters. The Kier molecular flexibility index (Phi) is 8.11. The molecule has 12 heteroatoms. The summed E-state index contributed by atoms with van der Waals surface area (Å²) in [7, 11) is 0. The fourth-order valence-corrected chi connectivity index (χ4v) is 5.18. The number of hydrogen-bond acceptors (Lipinski definition) is 9. The molecule has 0 radical (unpaired) electrons. The molecule has 11 nitrogen and oxygen atoms in total. The summed E-state index contributed by atoms with van der Waals surface area (Å²) in [5.74, 6) is -0.884. The minimum absolute atomic E-state index is 0.117. The Labute approximate surface area is 198 Å². The monoisotopic (exact) mass is 479 g/mol. The highest BCUT2D eigenvalue weighted by atomic mass is 19.1. The van der Waals surface area contributed by atoms with Gasteiger partial charge in [0.25, 0.3) is 0 Å². The van der Waals surface area contributed by atoms with E-state index in [1.165, 1.54) is 0 Å². The molecular weight excluding hydrogens is 445 g/mol. The Morgan fingerprint density at radius 1 is 1.32 bits per heavy atom. The first-order chi connectivity index (χ1) is 16.4. The zero-order valence-corrected chi connectivity index (χ0v) is 19.6. The average Bonchev–Trinajstić information content (AvgIpc) is 3.36. The van der Waals surface area contributed by atoms with Gasteiger partial charge in [-0.2, -0.15) is 4.39 Å². The van der Waals surface area contributed by atoms with Crippen molar-refractivity contribution < 1.29 is 23.9 Å². The summed E-state index contributed by atoms with van der Waals surface area (Å²) in [6.45, 7) is 5.78. The average molecular weight is 480 g/mol. The molecule has 0 unspecified atom stereocenters. The van der Waals surface area contributed by atoms with Crippen molar-refractivity contribution in [2.75, 3.05) is 56.3 Å². The van der Waals surface area contributed by atoms with Gasteiger partial charge in [0.05, 0.1) is 31.7 Å². The maximum absolute atomic E-state index is 15.4. The van der Waals surface area contributed by atoms with E-state index in [0.29, 0.717) is 49.5 Å². The number of carbonyl (C=O) groups is 2. The minimum atomic E-state index is -0.639. The first kappa shape index (κ1) is 24.6. The highest BCUT2D eigenvalue weighted by Gasteiger charge is 2.32. The Morgan fingerprint density at radius 3 is 2.88 bits per heavy atom. The van der Waals surface area contributed by atoms with Gasteiger partial charge >= 0.3 is 0 Å². The third kappa shape index (κ3) is 5.91. The molecule has 1 aromatic heterocycles. The number of hydrogen-bond donors (Lipinski definition) is 3. The summed E-state index contributed by atoms with van der Waals surface area (Å²) in [5, 5.41) is 10.1. The second-order valence-electron chi connectivity index (χ2n) is 9.39. The Bertz CT molecular complexity index is 870. The summed E-state index contributed by atoms with van der Waals surface area (Å²) in [5.41, 5.74) is 5.14. The van der Waals surface area contributed by atoms with Crippen LogP contribution in [0.4, 0.5) is 16.0 Å². The Morgan fingerprint density at radius 2 is 2.12 bits per heavy atom. The molecule has 3 heterocycles. The van der Waals surface area contributed by atoms with Crippen molar-refractivity contribution in [3.8, 4) is 0 Å². The van der Waals surface area contributed by atoms with Crippen LogP contribution in [0.2, 0.25) is 0 Å². The minimum Gasteiger partial charge on any atom is -0.378 e. The summed E-state index contributed by atoms with van der Waals surface area (Å²) in [4.78, 5) is 36.5. The summed E-state index contributed by atoms with van der Waals surface area (Å²) in [6, 6.07) is 0.184. The predicted molar refractivity (Wildman–Crippen MR) is 122 cm³/mol. The van der Waals surface area contributed by atoms with E-state index in [1.807, 2.05) is 4.90 Å². The lowest BCUT2D eigenvalue weighted by Crippen LogP contribution is -2.58. The van der Waals surface area contributed by atoms with E-state index in [9.17, 15) is 14.8 Å². The quantitative estimate of drug-likeness (QED) is 0.270. The number of halogens is 1. The van der Waals surface area contributed by atoms with Gasteiger partial charge in [0.1, 0.15) is 5.82 Å². The number of amides is 2. The second kappa shape index (κ2) is 11.2. The number of fused-ring (bicyclic) bond motifs is 1. The fourth-order valence-electron chi connectivity index (χ4n) is 5.18. The number of ether oxygens (including phenoxy) is 1. The van der Waals surface area contributed by atoms with Crippen LogP contribution >= 0.6 is 0 Å². The lowest BCUT2D eigenvalue weighted by Gasteiger charge is -2.44.